The Morgan fingerprint density at radius 2 is 1.94 bits per heavy atom. The van der Waals surface area contributed by atoms with Gasteiger partial charge in [-0.1, -0.05) is 13.8 Å². The zero-order valence-electron chi connectivity index (χ0n) is 9.25. The number of aromatic nitrogens is 6. The molecule has 2 aromatic heterocycles. The SMILES string of the molecule is CCc1nnc(-n2cnc(N)n2)nc1CC. The van der Waals surface area contributed by atoms with E-state index >= 15 is 0 Å². The van der Waals surface area contributed by atoms with Crippen LogP contribution in [0.2, 0.25) is 0 Å². The zero-order valence-corrected chi connectivity index (χ0v) is 9.25. The van der Waals surface area contributed by atoms with Crippen LogP contribution in [0.4, 0.5) is 5.95 Å². The molecule has 7 nitrogen and oxygen atoms in total. The van der Waals surface area contributed by atoms with Gasteiger partial charge in [0.15, 0.2) is 0 Å². The van der Waals surface area contributed by atoms with E-state index in [1.54, 1.807) is 0 Å². The van der Waals surface area contributed by atoms with E-state index in [1.165, 1.54) is 11.0 Å². The largest absolute Gasteiger partial charge is 0.366 e. The van der Waals surface area contributed by atoms with Crippen molar-refractivity contribution in [2.24, 2.45) is 0 Å². The molecule has 0 atom stereocenters. The van der Waals surface area contributed by atoms with Gasteiger partial charge in [-0.15, -0.1) is 15.3 Å². The highest BCUT2D eigenvalue weighted by atomic mass is 15.4. The Labute approximate surface area is 92.7 Å². The van der Waals surface area contributed by atoms with Crippen LogP contribution in [0, 0.1) is 0 Å². The van der Waals surface area contributed by atoms with Gasteiger partial charge in [-0.3, -0.25) is 0 Å². The third-order valence-corrected chi connectivity index (χ3v) is 2.21. The first-order valence-corrected chi connectivity index (χ1v) is 5.14. The normalized spacial score (nSPS) is 10.6. The molecule has 2 rings (SSSR count). The maximum Gasteiger partial charge on any atom is 0.271 e. The van der Waals surface area contributed by atoms with Crippen molar-refractivity contribution in [1.82, 2.24) is 29.9 Å². The predicted molar refractivity (Wildman–Crippen MR) is 57.9 cm³/mol. The Morgan fingerprint density at radius 1 is 1.19 bits per heavy atom. The first-order chi connectivity index (χ1) is 7.74. The fourth-order valence-corrected chi connectivity index (χ4v) is 1.40. The van der Waals surface area contributed by atoms with Crippen molar-refractivity contribution in [3.63, 3.8) is 0 Å². The van der Waals surface area contributed by atoms with E-state index in [-0.39, 0.29) is 5.95 Å². The van der Waals surface area contributed by atoms with E-state index in [0.717, 1.165) is 24.2 Å². The summed E-state index contributed by atoms with van der Waals surface area (Å²) in [6, 6.07) is 0. The summed E-state index contributed by atoms with van der Waals surface area (Å²) in [6.07, 6.45) is 3.11. The van der Waals surface area contributed by atoms with Gasteiger partial charge in [-0.05, 0) is 12.8 Å². The van der Waals surface area contributed by atoms with Crippen molar-refractivity contribution in [1.29, 1.82) is 0 Å². The highest BCUT2D eigenvalue weighted by Gasteiger charge is 2.08. The third-order valence-electron chi connectivity index (χ3n) is 2.21. The van der Waals surface area contributed by atoms with Crippen LogP contribution in [-0.4, -0.2) is 29.9 Å². The molecule has 0 saturated heterocycles. The monoisotopic (exact) mass is 219 g/mol. The first-order valence-electron chi connectivity index (χ1n) is 5.14. The molecule has 0 aromatic carbocycles. The number of hydrogen-bond acceptors (Lipinski definition) is 6. The highest BCUT2D eigenvalue weighted by Crippen LogP contribution is 2.06. The molecule has 2 N–H and O–H groups in total. The summed E-state index contributed by atoms with van der Waals surface area (Å²) in [6.45, 7) is 4.06. The molecule has 0 bridgehead atoms. The van der Waals surface area contributed by atoms with E-state index in [0.29, 0.717) is 5.95 Å². The molecule has 2 aromatic rings. The molecular formula is C9H13N7. The van der Waals surface area contributed by atoms with Crippen molar-refractivity contribution < 1.29 is 0 Å². The lowest BCUT2D eigenvalue weighted by molar-refractivity contribution is 0.730. The molecule has 7 heteroatoms. The number of aryl methyl sites for hydroxylation is 2. The molecule has 0 aliphatic carbocycles. The van der Waals surface area contributed by atoms with E-state index in [4.69, 9.17) is 5.73 Å². The van der Waals surface area contributed by atoms with E-state index in [2.05, 4.69) is 25.3 Å². The molecule has 0 radical (unpaired) electrons. The smallest absolute Gasteiger partial charge is 0.271 e. The number of nitrogens with two attached hydrogens (primary N) is 1. The molecule has 0 saturated carbocycles. The quantitative estimate of drug-likeness (QED) is 0.790. The lowest BCUT2D eigenvalue weighted by Crippen LogP contribution is -2.09. The minimum absolute atomic E-state index is 0.196. The molecule has 0 fully saturated rings. The van der Waals surface area contributed by atoms with E-state index < -0.39 is 0 Å². The van der Waals surface area contributed by atoms with Crippen molar-refractivity contribution in [3.05, 3.63) is 17.7 Å². The minimum Gasteiger partial charge on any atom is -0.366 e. The lowest BCUT2D eigenvalue weighted by Gasteiger charge is -2.04. The molecule has 0 aliphatic heterocycles. The van der Waals surface area contributed by atoms with Gasteiger partial charge in [-0.25, -0.2) is 9.97 Å². The van der Waals surface area contributed by atoms with Crippen molar-refractivity contribution >= 4 is 5.95 Å². The minimum atomic E-state index is 0.196. The predicted octanol–water partition coefficient (Wildman–Crippen LogP) is 0.159. The number of anilines is 1. The fraction of sp³-hybridized carbons (Fsp3) is 0.444. The van der Waals surface area contributed by atoms with Crippen LogP contribution in [0.5, 0.6) is 0 Å². The van der Waals surface area contributed by atoms with Crippen LogP contribution in [0.3, 0.4) is 0 Å². The number of nitrogens with zero attached hydrogens (tertiary/aromatic N) is 6. The van der Waals surface area contributed by atoms with Crippen molar-refractivity contribution in [3.8, 4) is 5.95 Å². The molecule has 0 aliphatic rings. The van der Waals surface area contributed by atoms with Crippen LogP contribution in [0.1, 0.15) is 25.2 Å². The zero-order chi connectivity index (χ0) is 11.5. The molecule has 16 heavy (non-hydrogen) atoms. The summed E-state index contributed by atoms with van der Waals surface area (Å²) in [5.74, 6) is 0.597. The van der Waals surface area contributed by atoms with Gasteiger partial charge in [0.05, 0.1) is 11.4 Å². The van der Waals surface area contributed by atoms with Crippen LogP contribution >= 0.6 is 0 Å². The Kier molecular flexibility index (Phi) is 2.76. The second kappa shape index (κ2) is 4.21. The molecule has 0 unspecified atom stereocenters. The van der Waals surface area contributed by atoms with Crippen LogP contribution in [-0.2, 0) is 12.8 Å². The van der Waals surface area contributed by atoms with Crippen molar-refractivity contribution in [2.45, 2.75) is 26.7 Å². The second-order valence-corrected chi connectivity index (χ2v) is 3.26. The molecule has 2 heterocycles. The maximum atomic E-state index is 5.42. The Balaban J connectivity index is 2.43. The third kappa shape index (κ3) is 1.83. The topological polar surface area (TPSA) is 95.4 Å². The van der Waals surface area contributed by atoms with Gasteiger partial charge in [0.25, 0.3) is 5.95 Å². The van der Waals surface area contributed by atoms with Gasteiger partial charge < -0.3 is 5.73 Å². The summed E-state index contributed by atoms with van der Waals surface area (Å²) in [5, 5.41) is 12.0. The Bertz CT molecular complexity index is 490. The van der Waals surface area contributed by atoms with Crippen LogP contribution in [0.15, 0.2) is 6.33 Å². The second-order valence-electron chi connectivity index (χ2n) is 3.26. The van der Waals surface area contributed by atoms with Gasteiger partial charge in [0.2, 0.25) is 5.95 Å². The molecular weight excluding hydrogens is 206 g/mol. The van der Waals surface area contributed by atoms with Crippen molar-refractivity contribution in [2.75, 3.05) is 5.73 Å². The average molecular weight is 219 g/mol. The molecule has 84 valence electrons. The van der Waals surface area contributed by atoms with E-state index in [1.807, 2.05) is 13.8 Å². The maximum absolute atomic E-state index is 5.42. The number of hydrogen-bond donors (Lipinski definition) is 1. The Morgan fingerprint density at radius 3 is 2.50 bits per heavy atom. The van der Waals surface area contributed by atoms with Gasteiger partial charge in [0, 0.05) is 0 Å². The summed E-state index contributed by atoms with van der Waals surface area (Å²) in [7, 11) is 0. The van der Waals surface area contributed by atoms with Gasteiger partial charge in [0.1, 0.15) is 6.33 Å². The summed E-state index contributed by atoms with van der Waals surface area (Å²) >= 11 is 0. The number of rotatable bonds is 3. The molecule has 0 amide bonds. The number of nitrogen functional groups attached to an aromatic ring is 1. The summed E-state index contributed by atoms with van der Waals surface area (Å²) < 4.78 is 1.42. The van der Waals surface area contributed by atoms with Gasteiger partial charge in [-0.2, -0.15) is 4.68 Å². The standard InChI is InChI=1S/C9H13N7/c1-3-6-7(4-2)13-14-9(12-6)16-5-11-8(10)15-16/h5H,3-4H2,1-2H3,(H2,10,15). The van der Waals surface area contributed by atoms with E-state index in [9.17, 15) is 0 Å². The fourth-order valence-electron chi connectivity index (χ4n) is 1.40. The van der Waals surface area contributed by atoms with Crippen LogP contribution < -0.4 is 5.73 Å². The summed E-state index contributed by atoms with van der Waals surface area (Å²) in [5.41, 5.74) is 7.27. The first kappa shape index (κ1) is 10.5. The summed E-state index contributed by atoms with van der Waals surface area (Å²) in [4.78, 5) is 8.19. The lowest BCUT2D eigenvalue weighted by atomic mass is 10.2. The van der Waals surface area contributed by atoms with Crippen LogP contribution in [0.25, 0.3) is 5.95 Å². The Hall–Kier alpha value is -2.05. The molecule has 0 spiro atoms. The van der Waals surface area contributed by atoms with Gasteiger partial charge >= 0.3 is 0 Å². The average Bonchev–Trinajstić information content (AvgIpc) is 2.75. The highest BCUT2D eigenvalue weighted by molar-refractivity contribution is 5.18.